The van der Waals surface area contributed by atoms with Crippen molar-refractivity contribution in [1.29, 1.82) is 0 Å². The van der Waals surface area contributed by atoms with E-state index in [1.54, 1.807) is 42.1 Å². The maximum atomic E-state index is 13.5. The quantitative estimate of drug-likeness (QED) is 0.523. The van der Waals surface area contributed by atoms with E-state index in [0.29, 0.717) is 37.7 Å². The second-order valence-corrected chi connectivity index (χ2v) is 10.1. The van der Waals surface area contributed by atoms with Crippen LogP contribution < -0.4 is 0 Å². The number of fused-ring (bicyclic) bond motifs is 1. The van der Waals surface area contributed by atoms with Crippen LogP contribution in [0.1, 0.15) is 22.5 Å². The lowest BCUT2D eigenvalue weighted by molar-refractivity contribution is -0.129. The lowest BCUT2D eigenvalue weighted by Gasteiger charge is -2.22. The van der Waals surface area contributed by atoms with E-state index in [1.165, 1.54) is 4.21 Å². The summed E-state index contributed by atoms with van der Waals surface area (Å²) in [7, 11) is 3.54. The van der Waals surface area contributed by atoms with Crippen LogP contribution in [0.4, 0.5) is 0 Å². The summed E-state index contributed by atoms with van der Waals surface area (Å²) >= 11 is 3.43. The van der Waals surface area contributed by atoms with Crippen molar-refractivity contribution in [2.75, 3.05) is 46.8 Å². The zero-order chi connectivity index (χ0) is 21.8. The van der Waals surface area contributed by atoms with E-state index >= 15 is 0 Å². The predicted octanol–water partition coefficient (Wildman–Crippen LogP) is 4.02. The van der Waals surface area contributed by atoms with Crippen LogP contribution >= 0.6 is 23.1 Å². The van der Waals surface area contributed by atoms with Gasteiger partial charge in [-0.15, -0.1) is 23.1 Å². The van der Waals surface area contributed by atoms with Gasteiger partial charge in [-0.05, 0) is 23.9 Å². The summed E-state index contributed by atoms with van der Waals surface area (Å²) in [5, 5.41) is 3.06. The third-order valence-corrected chi connectivity index (χ3v) is 7.64. The second kappa shape index (κ2) is 9.89. The van der Waals surface area contributed by atoms with Gasteiger partial charge in [0.25, 0.3) is 5.91 Å². The first kappa shape index (κ1) is 21.9. The Hall–Kier alpha value is -2.29. The first-order chi connectivity index (χ1) is 15.0. The Morgan fingerprint density at radius 1 is 1.10 bits per heavy atom. The highest BCUT2D eigenvalue weighted by molar-refractivity contribution is 8.00. The molecule has 1 fully saturated rings. The Morgan fingerprint density at radius 2 is 1.94 bits per heavy atom. The highest BCUT2D eigenvalue weighted by atomic mass is 32.2. The van der Waals surface area contributed by atoms with Crippen molar-refractivity contribution in [2.24, 2.45) is 0 Å². The molecule has 0 aliphatic carbocycles. The van der Waals surface area contributed by atoms with Crippen LogP contribution in [0.5, 0.6) is 0 Å². The Kier molecular flexibility index (Phi) is 6.99. The number of amides is 2. The molecular formula is C23H27N3O3S2. The summed E-state index contributed by atoms with van der Waals surface area (Å²) in [5.74, 6) is 1.17. The molecule has 8 heteroatoms. The number of furan rings is 1. The Morgan fingerprint density at radius 3 is 2.71 bits per heavy atom. The number of benzene rings is 1. The minimum atomic E-state index is -0.0567. The van der Waals surface area contributed by atoms with E-state index in [-0.39, 0.29) is 11.8 Å². The lowest BCUT2D eigenvalue weighted by atomic mass is 10.1. The van der Waals surface area contributed by atoms with E-state index < -0.39 is 0 Å². The molecule has 6 nitrogen and oxygen atoms in total. The van der Waals surface area contributed by atoms with Crippen LogP contribution in [0.2, 0.25) is 0 Å². The second-order valence-electron chi connectivity index (χ2n) is 7.84. The molecule has 31 heavy (non-hydrogen) atoms. The summed E-state index contributed by atoms with van der Waals surface area (Å²) in [4.78, 5) is 31.1. The van der Waals surface area contributed by atoms with Crippen LogP contribution in [0.3, 0.4) is 0 Å². The van der Waals surface area contributed by atoms with Gasteiger partial charge in [0.05, 0.1) is 10.8 Å². The van der Waals surface area contributed by atoms with Crippen molar-refractivity contribution in [3.05, 3.63) is 53.1 Å². The van der Waals surface area contributed by atoms with Crippen molar-refractivity contribution in [1.82, 2.24) is 14.7 Å². The molecule has 3 aromatic rings. The molecule has 1 aliphatic heterocycles. The average Bonchev–Trinajstić information content (AvgIpc) is 3.34. The highest BCUT2D eigenvalue weighted by Gasteiger charge is 2.27. The average molecular weight is 458 g/mol. The van der Waals surface area contributed by atoms with Gasteiger partial charge in [-0.1, -0.05) is 24.3 Å². The molecule has 164 valence electrons. The Labute approximate surface area is 190 Å². The molecule has 0 N–H and O–H groups in total. The maximum Gasteiger partial charge on any atom is 0.289 e. The van der Waals surface area contributed by atoms with Crippen LogP contribution in [-0.2, 0) is 10.5 Å². The van der Waals surface area contributed by atoms with E-state index in [9.17, 15) is 9.59 Å². The molecule has 1 saturated heterocycles. The third-order valence-electron chi connectivity index (χ3n) is 5.48. The molecule has 2 amide bonds. The molecule has 3 heterocycles. The van der Waals surface area contributed by atoms with Crippen molar-refractivity contribution in [2.45, 2.75) is 16.4 Å². The van der Waals surface area contributed by atoms with Crippen molar-refractivity contribution in [3.8, 4) is 0 Å². The summed E-state index contributed by atoms with van der Waals surface area (Å²) in [6.45, 7) is 3.14. The normalized spacial score (nSPS) is 15.2. The molecule has 0 bridgehead atoms. The first-order valence-electron chi connectivity index (χ1n) is 10.4. The zero-order valence-corrected chi connectivity index (χ0v) is 19.5. The van der Waals surface area contributed by atoms with Crippen molar-refractivity contribution in [3.63, 3.8) is 0 Å². The van der Waals surface area contributed by atoms with Gasteiger partial charge in [0.1, 0.15) is 5.58 Å². The Bertz CT molecular complexity index is 1050. The van der Waals surface area contributed by atoms with Crippen molar-refractivity contribution < 1.29 is 14.0 Å². The predicted molar refractivity (Wildman–Crippen MR) is 126 cm³/mol. The van der Waals surface area contributed by atoms with E-state index in [4.69, 9.17) is 4.42 Å². The number of rotatable bonds is 6. The van der Waals surface area contributed by atoms with E-state index in [2.05, 4.69) is 16.3 Å². The standard InChI is InChI=1S/C23H27N3O3S2/c1-24(2)20(27)15-25-10-6-11-26(13-12-25)23(28)22-18(16-31-21-9-5-14-30-21)17-7-3-4-8-19(17)29-22/h3-5,7-9,14H,6,10-13,15-16H2,1-2H3. The number of thioether (sulfide) groups is 1. The summed E-state index contributed by atoms with van der Waals surface area (Å²) in [6, 6.07) is 12.0. The van der Waals surface area contributed by atoms with Gasteiger partial charge in [-0.2, -0.15) is 0 Å². The molecule has 0 saturated carbocycles. The molecule has 0 unspecified atom stereocenters. The Balaban J connectivity index is 1.51. The number of carbonyl (C=O) groups excluding carboxylic acids is 2. The van der Waals surface area contributed by atoms with Crippen LogP contribution in [0.25, 0.3) is 11.0 Å². The fourth-order valence-electron chi connectivity index (χ4n) is 3.71. The molecule has 0 spiro atoms. The summed E-state index contributed by atoms with van der Waals surface area (Å²) in [5.41, 5.74) is 1.71. The van der Waals surface area contributed by atoms with Gasteiger partial charge in [0.2, 0.25) is 5.91 Å². The molecule has 0 radical (unpaired) electrons. The lowest BCUT2D eigenvalue weighted by Crippen LogP contribution is -2.39. The highest BCUT2D eigenvalue weighted by Crippen LogP contribution is 2.34. The van der Waals surface area contributed by atoms with Gasteiger partial charge in [0.15, 0.2) is 5.76 Å². The zero-order valence-electron chi connectivity index (χ0n) is 17.9. The number of hydrogen-bond donors (Lipinski definition) is 0. The van der Waals surface area contributed by atoms with Gasteiger partial charge in [0, 0.05) is 57.0 Å². The van der Waals surface area contributed by atoms with Crippen LogP contribution in [0, 0.1) is 0 Å². The van der Waals surface area contributed by atoms with Gasteiger partial charge < -0.3 is 14.2 Å². The van der Waals surface area contributed by atoms with E-state index in [0.717, 1.165) is 29.5 Å². The fraction of sp³-hybridized carbons (Fsp3) is 0.391. The number of carbonyl (C=O) groups is 2. The molecule has 0 atom stereocenters. The SMILES string of the molecule is CN(C)C(=O)CN1CCCN(C(=O)c2oc3ccccc3c2CSc2cccs2)CC1. The molecule has 4 rings (SSSR count). The minimum Gasteiger partial charge on any atom is -0.451 e. The summed E-state index contributed by atoms with van der Waals surface area (Å²) in [6.07, 6.45) is 0.839. The number of para-hydroxylation sites is 1. The number of thiophene rings is 1. The molecule has 2 aromatic heterocycles. The maximum absolute atomic E-state index is 13.5. The third kappa shape index (κ3) is 5.14. The number of hydrogen-bond acceptors (Lipinski definition) is 6. The van der Waals surface area contributed by atoms with E-state index in [1.807, 2.05) is 35.2 Å². The topological polar surface area (TPSA) is 57.0 Å². The van der Waals surface area contributed by atoms with Gasteiger partial charge in [-0.25, -0.2) is 0 Å². The summed E-state index contributed by atoms with van der Waals surface area (Å²) < 4.78 is 7.29. The van der Waals surface area contributed by atoms with Crippen molar-refractivity contribution >= 4 is 45.9 Å². The van der Waals surface area contributed by atoms with Gasteiger partial charge >= 0.3 is 0 Å². The number of nitrogens with zero attached hydrogens (tertiary/aromatic N) is 3. The monoisotopic (exact) mass is 457 g/mol. The van der Waals surface area contributed by atoms with Crippen LogP contribution in [-0.4, -0.2) is 73.3 Å². The minimum absolute atomic E-state index is 0.0567. The molecule has 1 aromatic carbocycles. The van der Waals surface area contributed by atoms with Crippen LogP contribution in [0.15, 0.2) is 50.4 Å². The molecular weight excluding hydrogens is 430 g/mol. The molecule has 1 aliphatic rings. The fourth-order valence-corrected chi connectivity index (χ4v) is 5.52. The smallest absolute Gasteiger partial charge is 0.289 e. The number of likely N-dealkylation sites (N-methyl/N-ethyl adjacent to an activating group) is 1. The largest absolute Gasteiger partial charge is 0.451 e. The first-order valence-corrected chi connectivity index (χ1v) is 12.3. The van der Waals surface area contributed by atoms with Gasteiger partial charge in [-0.3, -0.25) is 14.5 Å².